The first-order chi connectivity index (χ1) is 13.5. The summed E-state index contributed by atoms with van der Waals surface area (Å²) < 4.78 is 29.5. The van der Waals surface area contributed by atoms with Crippen LogP contribution in [0.25, 0.3) is 11.7 Å². The van der Waals surface area contributed by atoms with Crippen molar-refractivity contribution >= 4 is 21.7 Å². The van der Waals surface area contributed by atoms with Crippen LogP contribution in [0.4, 0.5) is 0 Å². The zero-order valence-electron chi connectivity index (χ0n) is 15.3. The molecule has 1 saturated heterocycles. The van der Waals surface area contributed by atoms with Crippen LogP contribution in [0.15, 0.2) is 64.9 Å². The van der Waals surface area contributed by atoms with Crippen LogP contribution in [-0.4, -0.2) is 58.0 Å². The van der Waals surface area contributed by atoms with Crippen LogP contribution in [0, 0.1) is 0 Å². The Balaban J connectivity index is 1.39. The van der Waals surface area contributed by atoms with Gasteiger partial charge in [0, 0.05) is 37.8 Å². The van der Waals surface area contributed by atoms with Crippen molar-refractivity contribution in [3.05, 3.63) is 76.2 Å². The molecule has 0 spiro atoms. The van der Waals surface area contributed by atoms with Crippen molar-refractivity contribution in [2.45, 2.75) is 6.67 Å². The highest BCUT2D eigenvalue weighted by Crippen LogP contribution is 2.12. The Bertz CT molecular complexity index is 1140. The third kappa shape index (κ3) is 3.91. The van der Waals surface area contributed by atoms with Gasteiger partial charge < -0.3 is 0 Å². The van der Waals surface area contributed by atoms with Gasteiger partial charge in [0.25, 0.3) is 0 Å². The molecular formula is C19H21N5O3S. The summed E-state index contributed by atoms with van der Waals surface area (Å²) in [5, 5.41) is 5.57. The molecule has 0 radical (unpaired) electrons. The summed E-state index contributed by atoms with van der Waals surface area (Å²) in [5.41, 5.74) is 1.24. The van der Waals surface area contributed by atoms with Crippen molar-refractivity contribution < 1.29 is 8.42 Å². The maximum Gasteiger partial charge on any atom is 0.351 e. The molecule has 9 heteroatoms. The topological polar surface area (TPSA) is 79.9 Å². The van der Waals surface area contributed by atoms with E-state index in [0.29, 0.717) is 38.5 Å². The number of nitrogens with zero attached hydrogens (tertiary/aromatic N) is 5. The first kappa shape index (κ1) is 18.6. The second kappa shape index (κ2) is 7.70. The van der Waals surface area contributed by atoms with Crippen LogP contribution in [-0.2, 0) is 16.7 Å². The predicted octanol–water partition coefficient (Wildman–Crippen LogP) is 1.07. The average molecular weight is 399 g/mol. The van der Waals surface area contributed by atoms with Crippen LogP contribution in [0.3, 0.4) is 0 Å². The highest BCUT2D eigenvalue weighted by atomic mass is 32.2. The van der Waals surface area contributed by atoms with E-state index in [1.54, 1.807) is 24.4 Å². The third-order valence-corrected chi connectivity index (χ3v) is 6.31. The van der Waals surface area contributed by atoms with Gasteiger partial charge in [0.15, 0.2) is 5.65 Å². The Morgan fingerprint density at radius 2 is 1.68 bits per heavy atom. The van der Waals surface area contributed by atoms with E-state index in [4.69, 9.17) is 0 Å². The SMILES string of the molecule is O=c1n(CN2CCN(S(=O)(=O)/C=C/c3ccccc3)CC2)nc2ccccn12. The summed E-state index contributed by atoms with van der Waals surface area (Å²) in [6.07, 6.45) is 3.29. The van der Waals surface area contributed by atoms with Crippen molar-refractivity contribution in [3.8, 4) is 0 Å². The molecule has 0 N–H and O–H groups in total. The number of rotatable bonds is 5. The smallest absolute Gasteiger partial charge is 0.282 e. The number of fused-ring (bicyclic) bond motifs is 1. The first-order valence-corrected chi connectivity index (χ1v) is 10.5. The van der Waals surface area contributed by atoms with E-state index in [9.17, 15) is 13.2 Å². The number of hydrogen-bond acceptors (Lipinski definition) is 5. The molecule has 3 aromatic rings. The highest BCUT2D eigenvalue weighted by molar-refractivity contribution is 7.92. The minimum Gasteiger partial charge on any atom is -0.282 e. The third-order valence-electron chi connectivity index (χ3n) is 4.75. The number of benzene rings is 1. The summed E-state index contributed by atoms with van der Waals surface area (Å²) in [5.74, 6) is 0. The maximum absolute atomic E-state index is 12.5. The van der Waals surface area contributed by atoms with Crippen LogP contribution in [0.5, 0.6) is 0 Å². The van der Waals surface area contributed by atoms with Crippen molar-refractivity contribution in [2.24, 2.45) is 0 Å². The van der Waals surface area contributed by atoms with E-state index < -0.39 is 10.0 Å². The molecule has 2 aromatic heterocycles. The lowest BCUT2D eigenvalue weighted by molar-refractivity contribution is 0.144. The van der Waals surface area contributed by atoms with Gasteiger partial charge in [0.1, 0.15) is 0 Å². The van der Waals surface area contributed by atoms with Gasteiger partial charge >= 0.3 is 5.69 Å². The van der Waals surface area contributed by atoms with E-state index in [0.717, 1.165) is 5.56 Å². The molecule has 1 aliphatic heterocycles. The van der Waals surface area contributed by atoms with Crippen LogP contribution in [0.1, 0.15) is 5.56 Å². The summed E-state index contributed by atoms with van der Waals surface area (Å²) in [6.45, 7) is 2.18. The molecule has 0 bridgehead atoms. The van der Waals surface area contributed by atoms with Gasteiger partial charge in [-0.3, -0.25) is 9.30 Å². The quantitative estimate of drug-likeness (QED) is 0.641. The minimum atomic E-state index is -3.47. The molecular weight excluding hydrogens is 378 g/mol. The average Bonchev–Trinajstić information content (AvgIpc) is 3.03. The molecule has 28 heavy (non-hydrogen) atoms. The fourth-order valence-corrected chi connectivity index (χ4v) is 4.36. The lowest BCUT2D eigenvalue weighted by Gasteiger charge is -2.32. The Morgan fingerprint density at radius 3 is 2.39 bits per heavy atom. The molecule has 0 aliphatic carbocycles. The molecule has 0 atom stereocenters. The second-order valence-corrected chi connectivity index (χ2v) is 8.45. The molecule has 0 saturated carbocycles. The lowest BCUT2D eigenvalue weighted by atomic mass is 10.2. The van der Waals surface area contributed by atoms with Crippen molar-refractivity contribution in [3.63, 3.8) is 0 Å². The Hall–Kier alpha value is -2.75. The summed E-state index contributed by atoms with van der Waals surface area (Å²) in [4.78, 5) is 14.4. The maximum atomic E-state index is 12.5. The zero-order valence-corrected chi connectivity index (χ0v) is 16.1. The highest BCUT2D eigenvalue weighted by Gasteiger charge is 2.25. The van der Waals surface area contributed by atoms with Crippen LogP contribution < -0.4 is 5.69 Å². The fraction of sp³-hybridized carbons (Fsp3) is 0.263. The number of piperazine rings is 1. The summed E-state index contributed by atoms with van der Waals surface area (Å²) >= 11 is 0. The monoisotopic (exact) mass is 399 g/mol. The molecule has 8 nitrogen and oxygen atoms in total. The van der Waals surface area contributed by atoms with Gasteiger partial charge in [-0.05, 0) is 23.8 Å². The van der Waals surface area contributed by atoms with Gasteiger partial charge in [-0.1, -0.05) is 36.4 Å². The number of hydrogen-bond donors (Lipinski definition) is 0. The lowest BCUT2D eigenvalue weighted by Crippen LogP contribution is -2.49. The molecule has 0 amide bonds. The van der Waals surface area contributed by atoms with E-state index in [-0.39, 0.29) is 5.69 Å². The zero-order chi connectivity index (χ0) is 19.6. The van der Waals surface area contributed by atoms with Gasteiger partial charge in [-0.15, -0.1) is 5.10 Å². The standard InChI is InChI=1S/C19H21N5O3S/c25-19-23-10-5-4-8-18(23)20-24(19)16-21-11-13-22(14-12-21)28(26,27)15-9-17-6-2-1-3-7-17/h1-10,15H,11-14,16H2/b15-9+. The fourth-order valence-electron chi connectivity index (χ4n) is 3.19. The Labute approximate surface area is 163 Å². The van der Waals surface area contributed by atoms with E-state index >= 15 is 0 Å². The molecule has 1 aromatic carbocycles. The van der Waals surface area contributed by atoms with Crippen molar-refractivity contribution in [2.75, 3.05) is 26.2 Å². The van der Waals surface area contributed by atoms with Crippen LogP contribution >= 0.6 is 0 Å². The molecule has 4 rings (SSSR count). The number of aromatic nitrogens is 3. The molecule has 3 heterocycles. The Kier molecular flexibility index (Phi) is 5.12. The number of sulfonamides is 1. The first-order valence-electron chi connectivity index (χ1n) is 9.03. The van der Waals surface area contributed by atoms with E-state index in [2.05, 4.69) is 5.10 Å². The minimum absolute atomic E-state index is 0.198. The van der Waals surface area contributed by atoms with Crippen LogP contribution in [0.2, 0.25) is 0 Å². The number of pyridine rings is 1. The van der Waals surface area contributed by atoms with Crippen molar-refractivity contribution in [1.29, 1.82) is 0 Å². The summed E-state index contributed by atoms with van der Waals surface area (Å²) in [6, 6.07) is 14.7. The largest absolute Gasteiger partial charge is 0.351 e. The molecule has 0 unspecified atom stereocenters. The Morgan fingerprint density at radius 1 is 0.964 bits per heavy atom. The molecule has 1 fully saturated rings. The van der Waals surface area contributed by atoms with Crippen molar-refractivity contribution in [1.82, 2.24) is 23.4 Å². The van der Waals surface area contributed by atoms with E-state index in [1.807, 2.05) is 41.3 Å². The second-order valence-electron chi connectivity index (χ2n) is 6.63. The normalized spacial score (nSPS) is 16.9. The van der Waals surface area contributed by atoms with Gasteiger partial charge in [0.05, 0.1) is 6.67 Å². The van der Waals surface area contributed by atoms with Gasteiger partial charge in [-0.2, -0.15) is 8.99 Å². The predicted molar refractivity (Wildman–Crippen MR) is 107 cm³/mol. The summed E-state index contributed by atoms with van der Waals surface area (Å²) in [7, 11) is -3.47. The van der Waals surface area contributed by atoms with Gasteiger partial charge in [-0.25, -0.2) is 13.2 Å². The molecule has 1 aliphatic rings. The molecule has 146 valence electrons. The van der Waals surface area contributed by atoms with E-state index in [1.165, 1.54) is 18.8 Å². The van der Waals surface area contributed by atoms with Gasteiger partial charge in [0.2, 0.25) is 10.0 Å².